The fraction of sp³-hybridized carbons (Fsp3) is 0.500. The fourth-order valence-corrected chi connectivity index (χ4v) is 5.24. The van der Waals surface area contributed by atoms with Gasteiger partial charge in [0.15, 0.2) is 0 Å². The highest BCUT2D eigenvalue weighted by Crippen LogP contribution is 2.31. The van der Waals surface area contributed by atoms with Crippen molar-refractivity contribution in [2.24, 2.45) is 11.8 Å². The number of nitrogens with zero attached hydrogens (tertiary/aromatic N) is 3. The second-order valence-electron chi connectivity index (χ2n) is 10.6. The largest absolute Gasteiger partial charge is 0.333 e. The van der Waals surface area contributed by atoms with Crippen LogP contribution in [-0.2, 0) is 4.79 Å². The molecule has 1 amide bonds. The minimum atomic E-state index is -0.319. The fourth-order valence-electron chi connectivity index (χ4n) is 5.24. The van der Waals surface area contributed by atoms with Crippen LogP contribution in [-0.4, -0.2) is 26.9 Å². The SMILES string of the molecule is Cc1ccc(C)c(-n2c(C(C)N(CCC(C)C)C(=O)C3CCCCC3)nc3ccccc3c2=O)c1. The molecule has 2 aromatic carbocycles. The number of fused-ring (bicyclic) bond motifs is 1. The maximum atomic E-state index is 13.9. The average Bonchev–Trinajstić information content (AvgIpc) is 2.86. The molecular formula is C30H39N3O2. The number of hydrogen-bond donors (Lipinski definition) is 0. The molecule has 5 heteroatoms. The molecule has 1 saturated carbocycles. The molecule has 1 unspecified atom stereocenters. The molecule has 1 aromatic heterocycles. The first-order chi connectivity index (χ1) is 16.8. The number of aromatic nitrogens is 2. The average molecular weight is 474 g/mol. The van der Waals surface area contributed by atoms with Gasteiger partial charge in [-0.05, 0) is 75.3 Å². The van der Waals surface area contributed by atoms with Gasteiger partial charge in [-0.2, -0.15) is 0 Å². The van der Waals surface area contributed by atoms with Gasteiger partial charge in [-0.25, -0.2) is 4.98 Å². The molecule has 186 valence electrons. The Balaban J connectivity index is 1.88. The maximum absolute atomic E-state index is 13.9. The van der Waals surface area contributed by atoms with E-state index in [-0.39, 0.29) is 23.4 Å². The summed E-state index contributed by atoms with van der Waals surface area (Å²) in [5, 5.41) is 0.594. The maximum Gasteiger partial charge on any atom is 0.266 e. The highest BCUT2D eigenvalue weighted by Gasteiger charge is 2.32. The summed E-state index contributed by atoms with van der Waals surface area (Å²) < 4.78 is 1.76. The van der Waals surface area contributed by atoms with Gasteiger partial charge in [0.05, 0.1) is 22.6 Å². The Kier molecular flexibility index (Phi) is 7.73. The van der Waals surface area contributed by atoms with E-state index in [1.807, 2.05) is 62.1 Å². The van der Waals surface area contributed by atoms with Gasteiger partial charge in [0, 0.05) is 12.5 Å². The molecule has 0 N–H and O–H groups in total. The number of benzene rings is 2. The van der Waals surface area contributed by atoms with E-state index in [9.17, 15) is 9.59 Å². The minimum absolute atomic E-state index is 0.0692. The minimum Gasteiger partial charge on any atom is -0.333 e. The molecule has 1 atom stereocenters. The van der Waals surface area contributed by atoms with Crippen LogP contribution in [0, 0.1) is 25.7 Å². The van der Waals surface area contributed by atoms with E-state index < -0.39 is 0 Å². The third kappa shape index (κ3) is 5.34. The van der Waals surface area contributed by atoms with Gasteiger partial charge < -0.3 is 4.90 Å². The van der Waals surface area contributed by atoms with Gasteiger partial charge in [0.2, 0.25) is 5.91 Å². The number of rotatable bonds is 7. The van der Waals surface area contributed by atoms with Crippen LogP contribution in [0.3, 0.4) is 0 Å². The van der Waals surface area contributed by atoms with Crippen LogP contribution in [0.5, 0.6) is 0 Å². The number of hydrogen-bond acceptors (Lipinski definition) is 3. The lowest BCUT2D eigenvalue weighted by Gasteiger charge is -2.35. The van der Waals surface area contributed by atoms with Crippen molar-refractivity contribution in [2.45, 2.75) is 79.2 Å². The van der Waals surface area contributed by atoms with E-state index in [1.54, 1.807) is 4.57 Å². The number of para-hydroxylation sites is 1. The van der Waals surface area contributed by atoms with Crippen molar-refractivity contribution in [3.8, 4) is 5.69 Å². The number of carbonyl (C=O) groups excluding carboxylic acids is 1. The Hall–Kier alpha value is -2.95. The lowest BCUT2D eigenvalue weighted by Crippen LogP contribution is -2.42. The molecule has 5 nitrogen and oxygen atoms in total. The summed E-state index contributed by atoms with van der Waals surface area (Å²) >= 11 is 0. The summed E-state index contributed by atoms with van der Waals surface area (Å²) in [6, 6.07) is 13.4. The van der Waals surface area contributed by atoms with Crippen molar-refractivity contribution in [2.75, 3.05) is 6.54 Å². The van der Waals surface area contributed by atoms with Crippen molar-refractivity contribution >= 4 is 16.8 Å². The van der Waals surface area contributed by atoms with Crippen LogP contribution in [0.25, 0.3) is 16.6 Å². The van der Waals surface area contributed by atoms with Gasteiger partial charge in [-0.15, -0.1) is 0 Å². The normalized spacial score (nSPS) is 15.5. The van der Waals surface area contributed by atoms with E-state index in [4.69, 9.17) is 4.98 Å². The lowest BCUT2D eigenvalue weighted by atomic mass is 9.87. The molecule has 0 bridgehead atoms. The zero-order chi connectivity index (χ0) is 25.1. The van der Waals surface area contributed by atoms with Gasteiger partial charge >= 0.3 is 0 Å². The first kappa shape index (κ1) is 25.2. The van der Waals surface area contributed by atoms with Crippen LogP contribution in [0.1, 0.15) is 82.3 Å². The molecule has 1 fully saturated rings. The highest BCUT2D eigenvalue weighted by atomic mass is 16.2. The predicted octanol–water partition coefficient (Wildman–Crippen LogP) is 6.52. The summed E-state index contributed by atoms with van der Waals surface area (Å²) in [7, 11) is 0. The van der Waals surface area contributed by atoms with Crippen LogP contribution in [0.15, 0.2) is 47.3 Å². The molecule has 1 aliphatic carbocycles. The summed E-state index contributed by atoms with van der Waals surface area (Å²) in [5.74, 6) is 1.40. The van der Waals surface area contributed by atoms with Crippen LogP contribution < -0.4 is 5.56 Å². The molecule has 1 aliphatic rings. The molecule has 0 aliphatic heterocycles. The van der Waals surface area contributed by atoms with Gasteiger partial charge in [-0.1, -0.05) is 57.4 Å². The van der Waals surface area contributed by atoms with E-state index in [2.05, 4.69) is 19.9 Å². The van der Waals surface area contributed by atoms with Crippen LogP contribution >= 0.6 is 0 Å². The Morgan fingerprint density at radius 3 is 2.49 bits per heavy atom. The smallest absolute Gasteiger partial charge is 0.266 e. The van der Waals surface area contributed by atoms with Gasteiger partial charge in [0.25, 0.3) is 5.56 Å². The van der Waals surface area contributed by atoms with Crippen molar-refractivity contribution < 1.29 is 4.79 Å². The monoisotopic (exact) mass is 473 g/mol. The zero-order valence-corrected chi connectivity index (χ0v) is 21.9. The topological polar surface area (TPSA) is 55.2 Å². The Labute approximate surface area is 209 Å². The number of amides is 1. The van der Waals surface area contributed by atoms with Gasteiger partial charge in [-0.3, -0.25) is 14.2 Å². The highest BCUT2D eigenvalue weighted by molar-refractivity contribution is 5.80. The van der Waals surface area contributed by atoms with Crippen LogP contribution in [0.2, 0.25) is 0 Å². The molecule has 0 spiro atoms. The third-order valence-corrected chi connectivity index (χ3v) is 7.43. The molecule has 3 aromatic rings. The lowest BCUT2D eigenvalue weighted by molar-refractivity contribution is -0.139. The molecule has 0 saturated heterocycles. The summed E-state index contributed by atoms with van der Waals surface area (Å²) in [4.78, 5) is 34.8. The van der Waals surface area contributed by atoms with E-state index >= 15 is 0 Å². The van der Waals surface area contributed by atoms with Crippen LogP contribution in [0.4, 0.5) is 0 Å². The molecule has 0 radical (unpaired) electrons. The first-order valence-electron chi connectivity index (χ1n) is 13.2. The van der Waals surface area contributed by atoms with E-state index in [0.717, 1.165) is 48.9 Å². The zero-order valence-electron chi connectivity index (χ0n) is 21.9. The first-order valence-corrected chi connectivity index (χ1v) is 13.2. The summed E-state index contributed by atoms with van der Waals surface area (Å²) in [6.45, 7) is 11.1. The third-order valence-electron chi connectivity index (χ3n) is 7.43. The Morgan fingerprint density at radius 1 is 1.06 bits per heavy atom. The Bertz CT molecular complexity index is 1250. The number of carbonyl (C=O) groups is 1. The Morgan fingerprint density at radius 2 is 1.77 bits per heavy atom. The van der Waals surface area contributed by atoms with Crippen molar-refractivity contribution in [1.29, 1.82) is 0 Å². The van der Waals surface area contributed by atoms with E-state index in [1.165, 1.54) is 6.42 Å². The quantitative estimate of drug-likeness (QED) is 0.393. The van der Waals surface area contributed by atoms with Crippen molar-refractivity contribution in [1.82, 2.24) is 14.5 Å². The van der Waals surface area contributed by atoms with Crippen molar-refractivity contribution in [3.63, 3.8) is 0 Å². The number of aryl methyl sites for hydroxylation is 2. The molecular weight excluding hydrogens is 434 g/mol. The second kappa shape index (κ2) is 10.8. The second-order valence-corrected chi connectivity index (χ2v) is 10.6. The van der Waals surface area contributed by atoms with Crippen molar-refractivity contribution in [3.05, 3.63) is 69.8 Å². The summed E-state index contributed by atoms with van der Waals surface area (Å²) in [5.41, 5.74) is 3.52. The standard InChI is InChI=1S/C30H39N3O2/c1-20(2)17-18-32(29(34)24-11-7-6-8-12-24)23(5)28-31-26-14-10-9-13-25(26)30(35)33(28)27-19-21(3)15-16-22(27)4/h9-10,13-16,19-20,23-24H,6-8,11-12,17-18H2,1-5H3. The predicted molar refractivity (Wildman–Crippen MR) is 143 cm³/mol. The van der Waals surface area contributed by atoms with E-state index in [0.29, 0.717) is 29.2 Å². The van der Waals surface area contributed by atoms with Gasteiger partial charge in [0.1, 0.15) is 5.82 Å². The molecule has 1 heterocycles. The molecule has 35 heavy (non-hydrogen) atoms. The molecule has 4 rings (SSSR count). The summed E-state index contributed by atoms with van der Waals surface area (Å²) in [6.07, 6.45) is 6.28.